The number of para-hydroxylation sites is 1. The molecule has 0 bridgehead atoms. The standard InChI is InChI=1S/C21H28N4O/c1-5-17-10-6-9-15(3)20(17)24-19-12-18(22-16(4)23-19)21(26)25-11-7-8-14(2)13-25/h6,9-10,12,14H,5,7-8,11,13H2,1-4H3,(H,22,23,24). The SMILES string of the molecule is CCc1cccc(C)c1Nc1cc(C(=O)N2CCCC(C)C2)nc(C)n1. The highest BCUT2D eigenvalue weighted by Crippen LogP contribution is 2.25. The van der Waals surface area contributed by atoms with Crippen LogP contribution in [-0.2, 0) is 6.42 Å². The number of carbonyl (C=O) groups excluding carboxylic acids is 1. The van der Waals surface area contributed by atoms with E-state index >= 15 is 0 Å². The minimum Gasteiger partial charge on any atom is -0.340 e. The van der Waals surface area contributed by atoms with E-state index in [9.17, 15) is 4.79 Å². The summed E-state index contributed by atoms with van der Waals surface area (Å²) in [5.74, 6) is 1.84. The summed E-state index contributed by atoms with van der Waals surface area (Å²) in [6.07, 6.45) is 3.18. The molecule has 0 spiro atoms. The van der Waals surface area contributed by atoms with Gasteiger partial charge < -0.3 is 10.2 Å². The smallest absolute Gasteiger partial charge is 0.272 e. The summed E-state index contributed by atoms with van der Waals surface area (Å²) in [6, 6.07) is 8.04. The molecule has 2 aromatic rings. The van der Waals surface area contributed by atoms with Crippen molar-refractivity contribution in [1.29, 1.82) is 0 Å². The number of carbonyl (C=O) groups is 1. The molecule has 0 aliphatic carbocycles. The van der Waals surface area contributed by atoms with Gasteiger partial charge in [0.25, 0.3) is 5.91 Å². The van der Waals surface area contributed by atoms with Gasteiger partial charge in [-0.05, 0) is 50.2 Å². The number of rotatable bonds is 4. The molecule has 26 heavy (non-hydrogen) atoms. The van der Waals surface area contributed by atoms with Gasteiger partial charge in [0.1, 0.15) is 17.3 Å². The minimum absolute atomic E-state index is 0.00518. The van der Waals surface area contributed by atoms with E-state index in [0.717, 1.165) is 31.6 Å². The fourth-order valence-electron chi connectivity index (χ4n) is 3.61. The van der Waals surface area contributed by atoms with Crippen molar-refractivity contribution >= 4 is 17.4 Å². The summed E-state index contributed by atoms with van der Waals surface area (Å²) in [7, 11) is 0. The van der Waals surface area contributed by atoms with Gasteiger partial charge >= 0.3 is 0 Å². The quantitative estimate of drug-likeness (QED) is 0.893. The van der Waals surface area contributed by atoms with Crippen LogP contribution < -0.4 is 5.32 Å². The molecule has 1 aromatic heterocycles. The minimum atomic E-state index is 0.00518. The van der Waals surface area contributed by atoms with E-state index < -0.39 is 0 Å². The Morgan fingerprint density at radius 3 is 2.85 bits per heavy atom. The van der Waals surface area contributed by atoms with Gasteiger partial charge in [0, 0.05) is 24.8 Å². The molecule has 0 saturated carbocycles. The Morgan fingerprint density at radius 2 is 2.12 bits per heavy atom. The van der Waals surface area contributed by atoms with Crippen LogP contribution in [0.2, 0.25) is 0 Å². The number of amides is 1. The number of nitrogens with zero attached hydrogens (tertiary/aromatic N) is 3. The Morgan fingerprint density at radius 1 is 1.31 bits per heavy atom. The highest BCUT2D eigenvalue weighted by Gasteiger charge is 2.23. The summed E-state index contributed by atoms with van der Waals surface area (Å²) in [5, 5.41) is 3.42. The van der Waals surface area contributed by atoms with Crippen molar-refractivity contribution in [2.75, 3.05) is 18.4 Å². The van der Waals surface area contributed by atoms with Crippen molar-refractivity contribution < 1.29 is 4.79 Å². The molecule has 5 nitrogen and oxygen atoms in total. The van der Waals surface area contributed by atoms with Crippen LogP contribution in [0.4, 0.5) is 11.5 Å². The van der Waals surface area contributed by atoms with Crippen molar-refractivity contribution in [3.8, 4) is 0 Å². The van der Waals surface area contributed by atoms with E-state index in [-0.39, 0.29) is 5.91 Å². The zero-order valence-corrected chi connectivity index (χ0v) is 16.2. The van der Waals surface area contributed by atoms with Crippen LogP contribution in [-0.4, -0.2) is 33.9 Å². The second kappa shape index (κ2) is 7.85. The number of benzene rings is 1. The Kier molecular flexibility index (Phi) is 5.55. The lowest BCUT2D eigenvalue weighted by molar-refractivity contribution is 0.0676. The molecular weight excluding hydrogens is 324 g/mol. The van der Waals surface area contributed by atoms with Crippen LogP contribution in [0.5, 0.6) is 0 Å². The van der Waals surface area contributed by atoms with Crippen molar-refractivity contribution in [3.63, 3.8) is 0 Å². The molecule has 1 amide bonds. The number of nitrogens with one attached hydrogen (secondary N) is 1. The van der Waals surface area contributed by atoms with Crippen LogP contribution in [0.25, 0.3) is 0 Å². The highest BCUT2D eigenvalue weighted by molar-refractivity contribution is 5.93. The Hall–Kier alpha value is -2.43. The van der Waals surface area contributed by atoms with E-state index in [0.29, 0.717) is 23.3 Å². The fraction of sp³-hybridized carbons (Fsp3) is 0.476. The molecular formula is C21H28N4O. The number of hydrogen-bond acceptors (Lipinski definition) is 4. The molecule has 138 valence electrons. The molecule has 1 fully saturated rings. The average Bonchev–Trinajstić information content (AvgIpc) is 2.62. The van der Waals surface area contributed by atoms with Crippen molar-refractivity contribution in [2.24, 2.45) is 5.92 Å². The van der Waals surface area contributed by atoms with Crippen LogP contribution in [0.3, 0.4) is 0 Å². The largest absolute Gasteiger partial charge is 0.340 e. The van der Waals surface area contributed by atoms with Gasteiger partial charge in [-0.15, -0.1) is 0 Å². The first-order chi connectivity index (χ1) is 12.5. The maximum absolute atomic E-state index is 12.9. The Bertz CT molecular complexity index is 803. The lowest BCUT2D eigenvalue weighted by Crippen LogP contribution is -2.39. The van der Waals surface area contributed by atoms with Gasteiger partial charge in [0.2, 0.25) is 0 Å². The third-order valence-corrected chi connectivity index (χ3v) is 4.99. The topological polar surface area (TPSA) is 58.1 Å². The molecule has 1 saturated heterocycles. The Labute approximate surface area is 155 Å². The van der Waals surface area contributed by atoms with Gasteiger partial charge in [-0.1, -0.05) is 32.0 Å². The molecule has 1 atom stereocenters. The molecule has 1 unspecified atom stereocenters. The van der Waals surface area contributed by atoms with Gasteiger partial charge in [-0.3, -0.25) is 4.79 Å². The van der Waals surface area contributed by atoms with E-state index in [1.165, 1.54) is 17.5 Å². The lowest BCUT2D eigenvalue weighted by Gasteiger charge is -2.30. The summed E-state index contributed by atoms with van der Waals surface area (Å²) < 4.78 is 0. The molecule has 1 aliphatic rings. The summed E-state index contributed by atoms with van der Waals surface area (Å²) in [4.78, 5) is 23.7. The molecule has 5 heteroatoms. The van der Waals surface area contributed by atoms with Crippen LogP contribution in [0, 0.1) is 19.8 Å². The molecule has 0 radical (unpaired) electrons. The first kappa shape index (κ1) is 18.4. The van der Waals surface area contributed by atoms with Crippen LogP contribution in [0.1, 0.15) is 54.1 Å². The molecule has 1 aromatic carbocycles. The predicted molar refractivity (Wildman–Crippen MR) is 105 cm³/mol. The maximum Gasteiger partial charge on any atom is 0.272 e. The van der Waals surface area contributed by atoms with Gasteiger partial charge in [-0.25, -0.2) is 9.97 Å². The number of anilines is 2. The van der Waals surface area contributed by atoms with Crippen LogP contribution in [0.15, 0.2) is 24.3 Å². The monoisotopic (exact) mass is 352 g/mol. The van der Waals surface area contributed by atoms with E-state index in [1.54, 1.807) is 6.07 Å². The Balaban J connectivity index is 1.88. The van der Waals surface area contributed by atoms with E-state index in [1.807, 2.05) is 11.8 Å². The third kappa shape index (κ3) is 4.03. The van der Waals surface area contributed by atoms with Crippen molar-refractivity contribution in [1.82, 2.24) is 14.9 Å². The number of hydrogen-bond donors (Lipinski definition) is 1. The second-order valence-electron chi connectivity index (χ2n) is 7.27. The summed E-state index contributed by atoms with van der Waals surface area (Å²) >= 11 is 0. The normalized spacial score (nSPS) is 17.2. The molecule has 3 rings (SSSR count). The van der Waals surface area contributed by atoms with E-state index in [2.05, 4.69) is 54.3 Å². The summed E-state index contributed by atoms with van der Waals surface area (Å²) in [6.45, 7) is 9.87. The zero-order chi connectivity index (χ0) is 18.7. The third-order valence-electron chi connectivity index (χ3n) is 4.99. The maximum atomic E-state index is 12.9. The highest BCUT2D eigenvalue weighted by atomic mass is 16.2. The summed E-state index contributed by atoms with van der Waals surface area (Å²) in [5.41, 5.74) is 3.94. The number of likely N-dealkylation sites (tertiary alicyclic amines) is 1. The van der Waals surface area contributed by atoms with Crippen molar-refractivity contribution in [2.45, 2.75) is 47.0 Å². The predicted octanol–water partition coefficient (Wildman–Crippen LogP) is 4.27. The molecule has 1 N–H and O–H groups in total. The van der Waals surface area contributed by atoms with Gasteiger partial charge in [-0.2, -0.15) is 0 Å². The number of piperidine rings is 1. The second-order valence-corrected chi connectivity index (χ2v) is 7.27. The number of aromatic nitrogens is 2. The van der Waals surface area contributed by atoms with Crippen LogP contribution >= 0.6 is 0 Å². The average molecular weight is 352 g/mol. The zero-order valence-electron chi connectivity index (χ0n) is 16.2. The molecule has 1 aliphatic heterocycles. The molecule has 2 heterocycles. The fourth-order valence-corrected chi connectivity index (χ4v) is 3.61. The van der Waals surface area contributed by atoms with Gasteiger partial charge in [0.15, 0.2) is 0 Å². The first-order valence-corrected chi connectivity index (χ1v) is 9.48. The number of aryl methyl sites for hydroxylation is 3. The first-order valence-electron chi connectivity index (χ1n) is 9.48. The lowest BCUT2D eigenvalue weighted by atomic mass is 10.00. The van der Waals surface area contributed by atoms with Gasteiger partial charge in [0.05, 0.1) is 0 Å². The van der Waals surface area contributed by atoms with E-state index in [4.69, 9.17) is 0 Å². The van der Waals surface area contributed by atoms with Crippen molar-refractivity contribution in [3.05, 3.63) is 46.9 Å².